The van der Waals surface area contributed by atoms with Crippen molar-refractivity contribution in [2.24, 2.45) is 5.92 Å². The number of carboxylic acids is 1. The minimum Gasteiger partial charge on any atom is -0.481 e. The Bertz CT molecular complexity index is 824. The number of benzene rings is 1. The van der Waals surface area contributed by atoms with Crippen LogP contribution in [0.3, 0.4) is 0 Å². The molecule has 0 aliphatic heterocycles. The fourth-order valence-corrected chi connectivity index (χ4v) is 4.14. The van der Waals surface area contributed by atoms with Gasteiger partial charge in [0.2, 0.25) is 11.7 Å². The summed E-state index contributed by atoms with van der Waals surface area (Å²) in [5, 5.41) is 13.3. The molecule has 2 aromatic rings. The van der Waals surface area contributed by atoms with Crippen molar-refractivity contribution in [1.82, 2.24) is 10.1 Å². The van der Waals surface area contributed by atoms with Crippen molar-refractivity contribution < 1.29 is 24.0 Å². The smallest absolute Gasteiger partial charge is 0.338 e. The van der Waals surface area contributed by atoms with Gasteiger partial charge >= 0.3 is 11.9 Å². The summed E-state index contributed by atoms with van der Waals surface area (Å²) in [5.74, 6) is -0.00586. The number of nitrogens with zero attached hydrogens (tertiary/aromatic N) is 2. The average molecular weight is 415 g/mol. The summed E-state index contributed by atoms with van der Waals surface area (Å²) in [4.78, 5) is 27.6. The van der Waals surface area contributed by atoms with Crippen LogP contribution in [0.15, 0.2) is 28.8 Å². The number of esters is 1. The molecule has 7 heteroatoms. The number of hydrogen-bond acceptors (Lipinski definition) is 6. The molecule has 1 aromatic carbocycles. The first kappa shape index (κ1) is 22.0. The van der Waals surface area contributed by atoms with E-state index in [4.69, 9.17) is 9.26 Å². The van der Waals surface area contributed by atoms with Crippen LogP contribution < -0.4 is 0 Å². The monoisotopic (exact) mass is 414 g/mol. The van der Waals surface area contributed by atoms with Crippen molar-refractivity contribution in [2.75, 3.05) is 6.61 Å². The van der Waals surface area contributed by atoms with E-state index >= 15 is 0 Å². The van der Waals surface area contributed by atoms with Crippen LogP contribution >= 0.6 is 0 Å². The van der Waals surface area contributed by atoms with Gasteiger partial charge in [-0.05, 0) is 31.4 Å². The minimum absolute atomic E-state index is 0.0197. The Balaban J connectivity index is 1.63. The Hall–Kier alpha value is -2.70. The second kappa shape index (κ2) is 10.9. The van der Waals surface area contributed by atoms with Crippen molar-refractivity contribution in [2.45, 2.75) is 70.6 Å². The Kier molecular flexibility index (Phi) is 7.99. The molecule has 1 aliphatic carbocycles. The van der Waals surface area contributed by atoms with Crippen LogP contribution in [0, 0.1) is 5.92 Å². The normalized spacial score (nSPS) is 15.6. The highest BCUT2D eigenvalue weighted by Gasteiger charge is 2.23. The summed E-state index contributed by atoms with van der Waals surface area (Å²) < 4.78 is 10.4. The molecule has 30 heavy (non-hydrogen) atoms. The largest absolute Gasteiger partial charge is 0.481 e. The number of carbonyl (C=O) groups is 2. The van der Waals surface area contributed by atoms with Gasteiger partial charge in [-0.3, -0.25) is 4.79 Å². The highest BCUT2D eigenvalue weighted by molar-refractivity contribution is 5.89. The van der Waals surface area contributed by atoms with Crippen molar-refractivity contribution in [1.29, 1.82) is 0 Å². The molecule has 0 bridgehead atoms. The summed E-state index contributed by atoms with van der Waals surface area (Å²) in [6, 6.07) is 6.77. The zero-order valence-electron chi connectivity index (χ0n) is 17.5. The molecule has 1 saturated carbocycles. The predicted molar refractivity (Wildman–Crippen MR) is 111 cm³/mol. The Labute approximate surface area is 176 Å². The van der Waals surface area contributed by atoms with E-state index < -0.39 is 5.97 Å². The maximum atomic E-state index is 11.8. The highest BCUT2D eigenvalue weighted by Crippen LogP contribution is 2.31. The van der Waals surface area contributed by atoms with Gasteiger partial charge in [-0.2, -0.15) is 4.98 Å². The Morgan fingerprint density at radius 3 is 2.60 bits per heavy atom. The quantitative estimate of drug-likeness (QED) is 0.531. The second-order valence-corrected chi connectivity index (χ2v) is 7.98. The SMILES string of the molecule is CCOC(=O)c1ccc(-c2noc([C@H](CCCC3CCCCC3)CC(=O)O)n2)cc1. The number of aliphatic carboxylic acids is 1. The lowest BCUT2D eigenvalue weighted by atomic mass is 9.84. The summed E-state index contributed by atoms with van der Waals surface area (Å²) in [5.41, 5.74) is 1.16. The van der Waals surface area contributed by atoms with Crippen LogP contribution in [0.5, 0.6) is 0 Å². The molecule has 0 unspecified atom stereocenters. The van der Waals surface area contributed by atoms with Crippen molar-refractivity contribution >= 4 is 11.9 Å². The van der Waals surface area contributed by atoms with Gasteiger partial charge in [0.25, 0.3) is 0 Å². The van der Waals surface area contributed by atoms with E-state index in [9.17, 15) is 14.7 Å². The van der Waals surface area contributed by atoms with Gasteiger partial charge < -0.3 is 14.4 Å². The molecular weight excluding hydrogens is 384 g/mol. The summed E-state index contributed by atoms with van der Waals surface area (Å²) in [6.07, 6.45) is 9.34. The molecule has 1 N–H and O–H groups in total. The zero-order chi connectivity index (χ0) is 21.3. The molecule has 7 nitrogen and oxygen atoms in total. The fourth-order valence-electron chi connectivity index (χ4n) is 4.14. The topological polar surface area (TPSA) is 103 Å². The third kappa shape index (κ3) is 6.15. The average Bonchev–Trinajstić information content (AvgIpc) is 3.24. The van der Waals surface area contributed by atoms with E-state index in [0.29, 0.717) is 29.4 Å². The lowest BCUT2D eigenvalue weighted by Crippen LogP contribution is -2.10. The van der Waals surface area contributed by atoms with Crippen LogP contribution in [0.2, 0.25) is 0 Å². The first-order valence-corrected chi connectivity index (χ1v) is 10.9. The van der Waals surface area contributed by atoms with E-state index in [1.165, 1.54) is 32.1 Å². The van der Waals surface area contributed by atoms with Crippen LogP contribution in [0.4, 0.5) is 0 Å². The molecular formula is C23H30N2O5. The molecule has 0 amide bonds. The summed E-state index contributed by atoms with van der Waals surface area (Å²) >= 11 is 0. The molecule has 3 rings (SSSR count). The number of aromatic nitrogens is 2. The van der Waals surface area contributed by atoms with Gasteiger partial charge in [0, 0.05) is 11.5 Å². The molecule has 1 aliphatic rings. The first-order valence-electron chi connectivity index (χ1n) is 10.9. The number of rotatable bonds is 10. The van der Waals surface area contributed by atoms with E-state index in [-0.39, 0.29) is 18.3 Å². The standard InChI is InChI=1S/C23H30N2O5/c1-2-29-23(28)18-13-11-17(12-14-18)21-24-22(30-25-21)19(15-20(26)27)10-6-9-16-7-4-3-5-8-16/h11-14,16,19H,2-10,15H2,1H3,(H,26,27)/t19-/m1/s1. The van der Waals surface area contributed by atoms with Gasteiger partial charge in [0.15, 0.2) is 0 Å². The first-order chi connectivity index (χ1) is 14.6. The van der Waals surface area contributed by atoms with Gasteiger partial charge in [-0.25, -0.2) is 4.79 Å². The van der Waals surface area contributed by atoms with E-state index in [1.54, 1.807) is 31.2 Å². The summed E-state index contributed by atoms with van der Waals surface area (Å²) in [7, 11) is 0. The minimum atomic E-state index is -0.865. The van der Waals surface area contributed by atoms with Gasteiger partial charge in [0.05, 0.1) is 18.6 Å². The van der Waals surface area contributed by atoms with Crippen LogP contribution in [0.25, 0.3) is 11.4 Å². The van der Waals surface area contributed by atoms with Gasteiger partial charge in [0.1, 0.15) is 0 Å². The Morgan fingerprint density at radius 1 is 1.20 bits per heavy atom. The number of carboxylic acid groups (broad SMARTS) is 1. The number of hydrogen-bond donors (Lipinski definition) is 1. The Morgan fingerprint density at radius 2 is 1.93 bits per heavy atom. The van der Waals surface area contributed by atoms with Crippen molar-refractivity contribution in [3.8, 4) is 11.4 Å². The predicted octanol–water partition coefficient (Wildman–Crippen LogP) is 5.22. The van der Waals surface area contributed by atoms with Crippen LogP contribution in [0.1, 0.15) is 86.9 Å². The van der Waals surface area contributed by atoms with E-state index in [2.05, 4.69) is 10.1 Å². The molecule has 1 atom stereocenters. The molecule has 162 valence electrons. The van der Waals surface area contributed by atoms with Gasteiger partial charge in [-0.15, -0.1) is 0 Å². The van der Waals surface area contributed by atoms with Crippen molar-refractivity contribution in [3.05, 3.63) is 35.7 Å². The molecule has 1 fully saturated rings. The summed E-state index contributed by atoms with van der Waals surface area (Å²) in [6.45, 7) is 2.08. The molecule has 0 saturated heterocycles. The molecule has 0 spiro atoms. The van der Waals surface area contributed by atoms with Crippen LogP contribution in [-0.2, 0) is 9.53 Å². The zero-order valence-corrected chi connectivity index (χ0v) is 17.5. The fraction of sp³-hybridized carbons (Fsp3) is 0.565. The molecule has 1 aromatic heterocycles. The van der Waals surface area contributed by atoms with E-state index in [1.807, 2.05) is 0 Å². The molecule has 0 radical (unpaired) electrons. The maximum absolute atomic E-state index is 11.8. The lowest BCUT2D eigenvalue weighted by Gasteiger charge is -2.21. The molecule has 1 heterocycles. The highest BCUT2D eigenvalue weighted by atomic mass is 16.5. The number of ether oxygens (including phenoxy) is 1. The van der Waals surface area contributed by atoms with Crippen molar-refractivity contribution in [3.63, 3.8) is 0 Å². The second-order valence-electron chi connectivity index (χ2n) is 7.98. The maximum Gasteiger partial charge on any atom is 0.338 e. The van der Waals surface area contributed by atoms with Gasteiger partial charge in [-0.1, -0.05) is 62.2 Å². The van der Waals surface area contributed by atoms with E-state index in [0.717, 1.165) is 25.2 Å². The third-order valence-corrected chi connectivity index (χ3v) is 5.76. The van der Waals surface area contributed by atoms with Crippen LogP contribution in [-0.4, -0.2) is 33.8 Å². The third-order valence-electron chi connectivity index (χ3n) is 5.76. The number of carbonyl (C=O) groups excluding carboxylic acids is 1. The lowest BCUT2D eigenvalue weighted by molar-refractivity contribution is -0.137.